The van der Waals surface area contributed by atoms with Gasteiger partial charge in [0.2, 0.25) is 0 Å². The summed E-state index contributed by atoms with van der Waals surface area (Å²) in [4.78, 5) is 33.5. The maximum absolute atomic E-state index is 13.7. The van der Waals surface area contributed by atoms with Crippen LogP contribution < -0.4 is 23.8 Å². The van der Waals surface area contributed by atoms with Crippen LogP contribution in [0.2, 0.25) is 0 Å². The second-order valence-corrected chi connectivity index (χ2v) is 11.0. The molecule has 0 spiro atoms. The minimum atomic E-state index is -0.967. The van der Waals surface area contributed by atoms with Crippen LogP contribution in [0.3, 0.4) is 0 Å². The zero-order chi connectivity index (χ0) is 29.5. The van der Waals surface area contributed by atoms with Crippen LogP contribution in [0.4, 0.5) is 5.13 Å². The second kappa shape index (κ2) is 11.0. The average molecular weight is 587 g/mol. The number of hydrogen-bond donors (Lipinski definition) is 1. The van der Waals surface area contributed by atoms with Crippen LogP contribution >= 0.6 is 11.3 Å². The van der Waals surface area contributed by atoms with Gasteiger partial charge in [-0.2, -0.15) is 0 Å². The molecule has 1 saturated heterocycles. The standard InChI is InChI=1S/C32H30N2O7S/c1-5-39-24-12-7-18(15-25(24)40-6-2)28-27(29(35)19-8-11-23-20(14-19)13-17(3)41-23)30(36)31(37)34(28)32-33-22-10-9-21(38-4)16-26(22)42-32/h7-12,14-17,28,35H,5-6,13H2,1-4H3/t17-,28+/m1/s1. The number of hydrogen-bond acceptors (Lipinski definition) is 9. The molecule has 1 fully saturated rings. The van der Waals surface area contributed by atoms with Gasteiger partial charge < -0.3 is 24.1 Å². The van der Waals surface area contributed by atoms with E-state index in [0.29, 0.717) is 58.7 Å². The summed E-state index contributed by atoms with van der Waals surface area (Å²) < 4.78 is 23.6. The Bertz CT molecular complexity index is 1740. The van der Waals surface area contributed by atoms with Crippen molar-refractivity contribution in [3.63, 3.8) is 0 Å². The lowest BCUT2D eigenvalue weighted by Crippen LogP contribution is -2.29. The normalized spacial score (nSPS) is 19.2. The lowest BCUT2D eigenvalue weighted by molar-refractivity contribution is -0.132. The average Bonchev–Trinajstić information content (AvgIpc) is 3.65. The highest BCUT2D eigenvalue weighted by atomic mass is 32.1. The number of aliphatic hydroxyl groups is 1. The van der Waals surface area contributed by atoms with Crippen LogP contribution in [0, 0.1) is 0 Å². The van der Waals surface area contributed by atoms with E-state index < -0.39 is 17.7 Å². The molecular weight excluding hydrogens is 556 g/mol. The molecule has 1 amide bonds. The Labute approximate surface area is 246 Å². The number of aromatic nitrogens is 1. The van der Waals surface area contributed by atoms with Gasteiger partial charge in [-0.1, -0.05) is 17.4 Å². The molecule has 42 heavy (non-hydrogen) atoms. The molecule has 1 N–H and O–H groups in total. The number of nitrogens with zero attached hydrogens (tertiary/aromatic N) is 2. The Kier molecular flexibility index (Phi) is 7.24. The number of methoxy groups -OCH3 is 1. The maximum Gasteiger partial charge on any atom is 0.301 e. The van der Waals surface area contributed by atoms with Gasteiger partial charge in [-0.3, -0.25) is 14.5 Å². The molecule has 9 nitrogen and oxygen atoms in total. The van der Waals surface area contributed by atoms with Crippen LogP contribution in [0.5, 0.6) is 23.0 Å². The summed E-state index contributed by atoms with van der Waals surface area (Å²) in [7, 11) is 1.58. The zero-order valence-corrected chi connectivity index (χ0v) is 24.5. The van der Waals surface area contributed by atoms with Crippen molar-refractivity contribution in [3.8, 4) is 23.0 Å². The van der Waals surface area contributed by atoms with Crippen molar-refractivity contribution in [2.75, 3.05) is 25.2 Å². The van der Waals surface area contributed by atoms with Gasteiger partial charge in [-0.25, -0.2) is 4.98 Å². The molecule has 3 aromatic carbocycles. The summed E-state index contributed by atoms with van der Waals surface area (Å²) in [5, 5.41) is 12.0. The van der Waals surface area contributed by atoms with Crippen LogP contribution in [-0.2, 0) is 16.0 Å². The number of amides is 1. The van der Waals surface area contributed by atoms with E-state index in [0.717, 1.165) is 16.0 Å². The molecule has 0 aliphatic carbocycles. The highest BCUT2D eigenvalue weighted by Crippen LogP contribution is 2.46. The monoisotopic (exact) mass is 586 g/mol. The third-order valence-corrected chi connectivity index (χ3v) is 8.30. The largest absolute Gasteiger partial charge is 0.507 e. The first-order chi connectivity index (χ1) is 20.3. The lowest BCUT2D eigenvalue weighted by atomic mass is 9.94. The van der Waals surface area contributed by atoms with E-state index >= 15 is 0 Å². The van der Waals surface area contributed by atoms with Crippen molar-refractivity contribution < 1.29 is 33.6 Å². The van der Waals surface area contributed by atoms with Gasteiger partial charge in [-0.05, 0) is 80.4 Å². The first kappa shape index (κ1) is 27.6. The number of fused-ring (bicyclic) bond motifs is 2. The molecule has 3 heterocycles. The van der Waals surface area contributed by atoms with E-state index in [2.05, 4.69) is 0 Å². The summed E-state index contributed by atoms with van der Waals surface area (Å²) in [6.07, 6.45) is 0.696. The van der Waals surface area contributed by atoms with Crippen molar-refractivity contribution in [2.45, 2.75) is 39.3 Å². The smallest absolute Gasteiger partial charge is 0.301 e. The third kappa shape index (κ3) is 4.71. The number of ether oxygens (including phenoxy) is 4. The van der Waals surface area contributed by atoms with Crippen molar-refractivity contribution >= 4 is 44.1 Å². The second-order valence-electron chi connectivity index (χ2n) is 10.0. The predicted octanol–water partition coefficient (Wildman–Crippen LogP) is 6.05. The molecule has 2 aliphatic rings. The topological polar surface area (TPSA) is 107 Å². The number of thiazole rings is 1. The highest BCUT2D eigenvalue weighted by Gasteiger charge is 2.48. The van der Waals surface area contributed by atoms with Gasteiger partial charge in [-0.15, -0.1) is 0 Å². The number of rotatable bonds is 8. The molecule has 1 aromatic heterocycles. The van der Waals surface area contributed by atoms with Crippen LogP contribution in [-0.4, -0.2) is 48.2 Å². The molecule has 6 rings (SSSR count). The molecule has 2 atom stereocenters. The Morgan fingerprint density at radius 3 is 2.60 bits per heavy atom. The van der Waals surface area contributed by atoms with Crippen LogP contribution in [0.15, 0.2) is 60.2 Å². The van der Waals surface area contributed by atoms with E-state index in [-0.39, 0.29) is 17.4 Å². The van der Waals surface area contributed by atoms with E-state index in [1.54, 1.807) is 49.6 Å². The molecule has 0 unspecified atom stereocenters. The molecular formula is C32H30N2O7S. The van der Waals surface area contributed by atoms with Gasteiger partial charge in [0.05, 0.1) is 42.2 Å². The number of benzene rings is 3. The van der Waals surface area contributed by atoms with Crippen molar-refractivity contribution in [2.24, 2.45) is 0 Å². The fourth-order valence-electron chi connectivity index (χ4n) is 5.43. The number of carbonyl (C=O) groups excluding carboxylic acids is 2. The van der Waals surface area contributed by atoms with Gasteiger partial charge >= 0.3 is 5.91 Å². The Morgan fingerprint density at radius 1 is 1.05 bits per heavy atom. The third-order valence-electron chi connectivity index (χ3n) is 7.29. The number of anilines is 1. The zero-order valence-electron chi connectivity index (χ0n) is 23.7. The van der Waals surface area contributed by atoms with Gasteiger partial charge in [0.15, 0.2) is 16.6 Å². The number of ketones is 1. The molecule has 10 heteroatoms. The quantitative estimate of drug-likeness (QED) is 0.151. The SMILES string of the molecule is CCOc1ccc([C@H]2C(=C(O)c3ccc4c(c3)C[C@@H](C)O4)C(=O)C(=O)N2c2nc3ccc(OC)cc3s2)cc1OCC. The fourth-order valence-corrected chi connectivity index (χ4v) is 6.45. The van der Waals surface area contributed by atoms with Gasteiger partial charge in [0.25, 0.3) is 5.78 Å². The molecule has 0 bridgehead atoms. The number of Topliss-reactive ketones (excluding diaryl/α,β-unsaturated/α-hetero) is 1. The first-order valence-electron chi connectivity index (χ1n) is 13.8. The van der Waals surface area contributed by atoms with E-state index in [1.807, 2.05) is 32.9 Å². The minimum absolute atomic E-state index is 0.0153. The highest BCUT2D eigenvalue weighted by molar-refractivity contribution is 7.22. The Morgan fingerprint density at radius 2 is 1.83 bits per heavy atom. The summed E-state index contributed by atoms with van der Waals surface area (Å²) >= 11 is 1.27. The van der Waals surface area contributed by atoms with E-state index in [1.165, 1.54) is 16.2 Å². The van der Waals surface area contributed by atoms with Crippen molar-refractivity contribution in [1.82, 2.24) is 4.98 Å². The minimum Gasteiger partial charge on any atom is -0.507 e. The van der Waals surface area contributed by atoms with Crippen LogP contribution in [0.25, 0.3) is 16.0 Å². The Hall–Kier alpha value is -4.57. The molecule has 0 radical (unpaired) electrons. The maximum atomic E-state index is 13.7. The molecule has 2 aliphatic heterocycles. The summed E-state index contributed by atoms with van der Waals surface area (Å²) in [5.74, 6) is 0.564. The molecule has 4 aromatic rings. The number of aliphatic hydroxyl groups excluding tert-OH is 1. The summed E-state index contributed by atoms with van der Waals surface area (Å²) in [6, 6.07) is 15.0. The lowest BCUT2D eigenvalue weighted by Gasteiger charge is -2.24. The first-order valence-corrected chi connectivity index (χ1v) is 14.6. The van der Waals surface area contributed by atoms with Crippen LogP contribution in [0.1, 0.15) is 43.5 Å². The van der Waals surface area contributed by atoms with Crippen molar-refractivity contribution in [1.29, 1.82) is 0 Å². The van der Waals surface area contributed by atoms with Gasteiger partial charge in [0.1, 0.15) is 23.4 Å². The Balaban J connectivity index is 1.54. The molecule has 216 valence electrons. The van der Waals surface area contributed by atoms with Gasteiger partial charge in [0, 0.05) is 12.0 Å². The molecule has 0 saturated carbocycles. The van der Waals surface area contributed by atoms with E-state index in [4.69, 9.17) is 23.9 Å². The summed E-state index contributed by atoms with van der Waals surface area (Å²) in [5.41, 5.74) is 2.55. The summed E-state index contributed by atoms with van der Waals surface area (Å²) in [6.45, 7) is 6.54. The number of carbonyl (C=O) groups is 2. The van der Waals surface area contributed by atoms with Crippen molar-refractivity contribution in [3.05, 3.63) is 76.9 Å². The fraction of sp³-hybridized carbons (Fsp3) is 0.281. The predicted molar refractivity (Wildman–Crippen MR) is 160 cm³/mol. The van der Waals surface area contributed by atoms with E-state index in [9.17, 15) is 14.7 Å².